The summed E-state index contributed by atoms with van der Waals surface area (Å²) in [5.74, 6) is 1.86. The SMILES string of the molecule is CCOc1nc(N2CCN(C)CC2)ccc1-c1nc2c(C)nn(C3CCCCC3)c2c(=O)[nH]1. The van der Waals surface area contributed by atoms with E-state index in [0.717, 1.165) is 50.5 Å². The van der Waals surface area contributed by atoms with Gasteiger partial charge in [0.25, 0.3) is 5.56 Å². The van der Waals surface area contributed by atoms with Crippen LogP contribution in [0.5, 0.6) is 5.88 Å². The third-order valence-corrected chi connectivity index (χ3v) is 6.85. The largest absolute Gasteiger partial charge is 0.477 e. The fraction of sp³-hybridized carbons (Fsp3) is 0.583. The Morgan fingerprint density at radius 1 is 1.09 bits per heavy atom. The van der Waals surface area contributed by atoms with Gasteiger partial charge in [0.1, 0.15) is 17.2 Å². The number of aromatic nitrogens is 5. The zero-order valence-electron chi connectivity index (χ0n) is 19.8. The Balaban J connectivity index is 1.54. The van der Waals surface area contributed by atoms with Gasteiger partial charge < -0.3 is 19.5 Å². The zero-order valence-corrected chi connectivity index (χ0v) is 19.8. The number of rotatable bonds is 5. The van der Waals surface area contributed by atoms with Crippen molar-refractivity contribution in [3.8, 4) is 17.3 Å². The molecule has 3 aromatic rings. The Morgan fingerprint density at radius 2 is 1.85 bits per heavy atom. The first-order chi connectivity index (χ1) is 16.0. The number of fused-ring (bicyclic) bond motifs is 1. The maximum absolute atomic E-state index is 13.2. The van der Waals surface area contributed by atoms with Crippen LogP contribution < -0.4 is 15.2 Å². The lowest BCUT2D eigenvalue weighted by Crippen LogP contribution is -2.44. The first-order valence-corrected chi connectivity index (χ1v) is 12.1. The number of anilines is 1. The molecule has 0 unspecified atom stereocenters. The second-order valence-corrected chi connectivity index (χ2v) is 9.18. The number of ether oxygens (including phenoxy) is 1. The second-order valence-electron chi connectivity index (χ2n) is 9.18. The van der Waals surface area contributed by atoms with Gasteiger partial charge in [0.15, 0.2) is 5.52 Å². The summed E-state index contributed by atoms with van der Waals surface area (Å²) in [5, 5.41) is 4.73. The van der Waals surface area contributed by atoms with Crippen molar-refractivity contribution in [2.45, 2.75) is 52.0 Å². The van der Waals surface area contributed by atoms with Crippen LogP contribution in [-0.2, 0) is 0 Å². The van der Waals surface area contributed by atoms with E-state index >= 15 is 0 Å². The molecule has 0 spiro atoms. The monoisotopic (exact) mass is 451 g/mol. The van der Waals surface area contributed by atoms with E-state index in [1.165, 1.54) is 19.3 Å². The fourth-order valence-electron chi connectivity index (χ4n) is 4.98. The highest BCUT2D eigenvalue weighted by atomic mass is 16.5. The number of nitrogens with zero attached hydrogens (tertiary/aromatic N) is 6. The lowest BCUT2D eigenvalue weighted by molar-refractivity contribution is 0.309. The molecule has 5 rings (SSSR count). The maximum atomic E-state index is 13.2. The molecule has 1 aliphatic carbocycles. The van der Waals surface area contributed by atoms with Gasteiger partial charge in [-0.25, -0.2) is 4.98 Å². The molecule has 4 heterocycles. The van der Waals surface area contributed by atoms with E-state index in [9.17, 15) is 4.79 Å². The lowest BCUT2D eigenvalue weighted by atomic mass is 9.95. The molecular formula is C24H33N7O2. The van der Waals surface area contributed by atoms with Crippen LogP contribution in [-0.4, -0.2) is 69.5 Å². The Labute approximate surface area is 193 Å². The first kappa shape index (κ1) is 21.9. The molecule has 0 aromatic carbocycles. The van der Waals surface area contributed by atoms with Gasteiger partial charge in [-0.2, -0.15) is 10.1 Å². The van der Waals surface area contributed by atoms with E-state index in [-0.39, 0.29) is 11.6 Å². The molecule has 1 saturated carbocycles. The van der Waals surface area contributed by atoms with Crippen LogP contribution in [0.3, 0.4) is 0 Å². The van der Waals surface area contributed by atoms with Crippen LogP contribution in [0.25, 0.3) is 22.4 Å². The minimum Gasteiger partial charge on any atom is -0.477 e. The van der Waals surface area contributed by atoms with Crippen molar-refractivity contribution in [1.82, 2.24) is 29.6 Å². The highest BCUT2D eigenvalue weighted by Gasteiger charge is 2.24. The lowest BCUT2D eigenvalue weighted by Gasteiger charge is -2.33. The number of aromatic amines is 1. The van der Waals surface area contributed by atoms with Crippen LogP contribution in [0, 0.1) is 6.92 Å². The van der Waals surface area contributed by atoms with Crippen molar-refractivity contribution < 1.29 is 4.74 Å². The summed E-state index contributed by atoms with van der Waals surface area (Å²) < 4.78 is 7.81. The second kappa shape index (κ2) is 9.13. The molecule has 9 heteroatoms. The van der Waals surface area contributed by atoms with Crippen molar-refractivity contribution in [3.63, 3.8) is 0 Å². The van der Waals surface area contributed by atoms with Crippen molar-refractivity contribution >= 4 is 16.9 Å². The summed E-state index contributed by atoms with van der Waals surface area (Å²) in [5.41, 5.74) is 2.54. The van der Waals surface area contributed by atoms with Crippen LogP contribution in [0.1, 0.15) is 50.8 Å². The highest BCUT2D eigenvalue weighted by molar-refractivity contribution is 5.79. The summed E-state index contributed by atoms with van der Waals surface area (Å²) in [4.78, 5) is 30.4. The molecule has 0 bridgehead atoms. The topological polar surface area (TPSA) is 92.2 Å². The van der Waals surface area contributed by atoms with Crippen LogP contribution in [0.15, 0.2) is 16.9 Å². The van der Waals surface area contributed by atoms with Gasteiger partial charge in [0.2, 0.25) is 5.88 Å². The van der Waals surface area contributed by atoms with Crippen LogP contribution in [0.4, 0.5) is 5.82 Å². The van der Waals surface area contributed by atoms with E-state index in [1.807, 2.05) is 30.7 Å². The van der Waals surface area contributed by atoms with Crippen molar-refractivity contribution in [1.29, 1.82) is 0 Å². The normalized spacial score (nSPS) is 18.2. The minimum absolute atomic E-state index is 0.160. The third-order valence-electron chi connectivity index (χ3n) is 6.85. The number of H-pyrrole nitrogens is 1. The highest BCUT2D eigenvalue weighted by Crippen LogP contribution is 2.32. The average molecular weight is 452 g/mol. The summed E-state index contributed by atoms with van der Waals surface area (Å²) in [6, 6.07) is 4.22. The molecule has 1 N–H and O–H groups in total. The average Bonchev–Trinajstić information content (AvgIpc) is 3.17. The van der Waals surface area contributed by atoms with Crippen molar-refractivity contribution in [2.75, 3.05) is 44.7 Å². The number of pyridine rings is 1. The predicted molar refractivity (Wildman–Crippen MR) is 129 cm³/mol. The summed E-state index contributed by atoms with van der Waals surface area (Å²) >= 11 is 0. The minimum atomic E-state index is -0.160. The quantitative estimate of drug-likeness (QED) is 0.637. The number of piperazine rings is 1. The van der Waals surface area contributed by atoms with E-state index in [0.29, 0.717) is 34.9 Å². The van der Waals surface area contributed by atoms with E-state index < -0.39 is 0 Å². The van der Waals surface area contributed by atoms with Crippen molar-refractivity contribution in [3.05, 3.63) is 28.2 Å². The molecule has 0 amide bonds. The Hall–Kier alpha value is -2.94. The fourth-order valence-corrected chi connectivity index (χ4v) is 4.98. The number of hydrogen-bond donors (Lipinski definition) is 1. The van der Waals surface area contributed by atoms with Gasteiger partial charge in [-0.3, -0.25) is 9.48 Å². The molecule has 9 nitrogen and oxygen atoms in total. The number of nitrogens with one attached hydrogen (secondary N) is 1. The number of likely N-dealkylation sites (N-methyl/N-ethyl adjacent to an activating group) is 1. The number of hydrogen-bond acceptors (Lipinski definition) is 7. The van der Waals surface area contributed by atoms with E-state index in [1.54, 1.807) is 0 Å². The zero-order chi connectivity index (χ0) is 22.9. The smallest absolute Gasteiger partial charge is 0.277 e. The number of aryl methyl sites for hydroxylation is 1. The van der Waals surface area contributed by atoms with E-state index in [2.05, 4.69) is 21.8 Å². The Bertz CT molecular complexity index is 1190. The molecule has 176 valence electrons. The molecule has 3 aromatic heterocycles. The summed E-state index contributed by atoms with van der Waals surface area (Å²) in [6.07, 6.45) is 5.73. The van der Waals surface area contributed by atoms with Crippen LogP contribution >= 0.6 is 0 Å². The van der Waals surface area contributed by atoms with Gasteiger partial charge in [-0.05, 0) is 45.9 Å². The van der Waals surface area contributed by atoms with E-state index in [4.69, 9.17) is 19.8 Å². The molecule has 2 fully saturated rings. The first-order valence-electron chi connectivity index (χ1n) is 12.1. The maximum Gasteiger partial charge on any atom is 0.277 e. The molecule has 1 saturated heterocycles. The van der Waals surface area contributed by atoms with Gasteiger partial charge in [0, 0.05) is 26.2 Å². The molecule has 1 aliphatic heterocycles. The Kier molecular flexibility index (Phi) is 6.05. The molecule has 2 aliphatic rings. The molecule has 33 heavy (non-hydrogen) atoms. The third kappa shape index (κ3) is 4.21. The summed E-state index contributed by atoms with van der Waals surface area (Å²) in [6.45, 7) is 8.20. The van der Waals surface area contributed by atoms with Gasteiger partial charge in [-0.15, -0.1) is 0 Å². The molecular weight excluding hydrogens is 418 g/mol. The standard InChI is InChI=1S/C24H33N7O2/c1-4-33-24-18(10-11-19(25-24)30-14-12-29(3)13-15-30)22-26-20-16(2)28-31(21(20)23(32)27-22)17-8-6-5-7-9-17/h10-11,17H,4-9,12-15H2,1-3H3,(H,26,27,32). The molecule has 0 radical (unpaired) electrons. The Morgan fingerprint density at radius 3 is 2.58 bits per heavy atom. The predicted octanol–water partition coefficient (Wildman–Crippen LogP) is 3.15. The van der Waals surface area contributed by atoms with Crippen LogP contribution in [0.2, 0.25) is 0 Å². The summed E-state index contributed by atoms with van der Waals surface area (Å²) in [7, 11) is 2.13. The van der Waals surface area contributed by atoms with Crippen molar-refractivity contribution in [2.24, 2.45) is 0 Å². The molecule has 0 atom stereocenters. The van der Waals surface area contributed by atoms with Gasteiger partial charge in [-0.1, -0.05) is 19.3 Å². The van der Waals surface area contributed by atoms with Gasteiger partial charge >= 0.3 is 0 Å². The van der Waals surface area contributed by atoms with Gasteiger partial charge in [0.05, 0.1) is 23.9 Å².